The highest BCUT2D eigenvalue weighted by Crippen LogP contribution is 2.32. The number of amides is 2. The van der Waals surface area contributed by atoms with Gasteiger partial charge in [0.05, 0.1) is 5.57 Å². The van der Waals surface area contributed by atoms with Crippen LogP contribution in [0.15, 0.2) is 54.2 Å². The predicted octanol–water partition coefficient (Wildman–Crippen LogP) is 4.83. The van der Waals surface area contributed by atoms with Gasteiger partial charge in [-0.1, -0.05) is 36.8 Å². The van der Waals surface area contributed by atoms with Crippen molar-refractivity contribution in [2.75, 3.05) is 23.3 Å². The number of piperidine rings is 1. The molecular formula is C26H31N3O2. The third kappa shape index (κ3) is 4.22. The van der Waals surface area contributed by atoms with Gasteiger partial charge in [0.1, 0.15) is 5.70 Å². The summed E-state index contributed by atoms with van der Waals surface area (Å²) in [6.07, 6.45) is 2.43. The summed E-state index contributed by atoms with van der Waals surface area (Å²) >= 11 is 0. The van der Waals surface area contributed by atoms with Gasteiger partial charge in [-0.25, -0.2) is 0 Å². The van der Waals surface area contributed by atoms with Gasteiger partial charge in [0.25, 0.3) is 11.8 Å². The van der Waals surface area contributed by atoms with Crippen molar-refractivity contribution in [1.29, 1.82) is 0 Å². The van der Waals surface area contributed by atoms with E-state index in [1.165, 1.54) is 23.4 Å². The molecule has 0 aliphatic carbocycles. The van der Waals surface area contributed by atoms with Crippen LogP contribution >= 0.6 is 0 Å². The van der Waals surface area contributed by atoms with Gasteiger partial charge in [0.2, 0.25) is 0 Å². The summed E-state index contributed by atoms with van der Waals surface area (Å²) in [6.45, 7) is 10.2. The minimum absolute atomic E-state index is 0.205. The van der Waals surface area contributed by atoms with Crippen LogP contribution in [0.5, 0.6) is 0 Å². The molecule has 0 atom stereocenters. The highest BCUT2D eigenvalue weighted by molar-refractivity contribution is 6.36. The minimum atomic E-state index is -0.273. The molecule has 31 heavy (non-hydrogen) atoms. The molecule has 1 N–H and O–H groups in total. The van der Waals surface area contributed by atoms with Crippen LogP contribution in [-0.2, 0) is 9.59 Å². The van der Waals surface area contributed by atoms with Crippen LogP contribution in [0.3, 0.4) is 0 Å². The number of rotatable bonds is 5. The Bertz CT molecular complexity index is 998. The van der Waals surface area contributed by atoms with Gasteiger partial charge in [0, 0.05) is 30.5 Å². The zero-order valence-corrected chi connectivity index (χ0v) is 18.8. The van der Waals surface area contributed by atoms with Crippen LogP contribution < -0.4 is 10.2 Å². The molecular weight excluding hydrogens is 386 g/mol. The van der Waals surface area contributed by atoms with Gasteiger partial charge < -0.3 is 10.2 Å². The first-order valence-corrected chi connectivity index (χ1v) is 11.2. The molecule has 5 nitrogen and oxygen atoms in total. The van der Waals surface area contributed by atoms with Crippen LogP contribution in [0.25, 0.3) is 5.57 Å². The Labute approximate surface area is 184 Å². The standard InChI is InChI=1S/C26H31N3O2/c1-17(2)29-25(30)23(20-7-5-18(3)6-8-20)24(26(29)31)27-21-9-11-22(12-10-21)28-15-13-19(4)14-16-28/h5-12,17,19,27H,13-16H2,1-4H3. The average Bonchev–Trinajstić information content (AvgIpc) is 2.99. The lowest BCUT2D eigenvalue weighted by molar-refractivity contribution is -0.138. The number of benzene rings is 2. The number of anilines is 2. The monoisotopic (exact) mass is 417 g/mol. The number of hydrogen-bond acceptors (Lipinski definition) is 4. The number of nitrogens with one attached hydrogen (secondary N) is 1. The Morgan fingerprint density at radius 3 is 2.10 bits per heavy atom. The first-order chi connectivity index (χ1) is 14.8. The lowest BCUT2D eigenvalue weighted by Crippen LogP contribution is -2.38. The summed E-state index contributed by atoms with van der Waals surface area (Å²) in [7, 11) is 0. The highest BCUT2D eigenvalue weighted by atomic mass is 16.2. The fourth-order valence-electron chi connectivity index (χ4n) is 4.29. The topological polar surface area (TPSA) is 52.7 Å². The van der Waals surface area contributed by atoms with E-state index in [4.69, 9.17) is 0 Å². The van der Waals surface area contributed by atoms with E-state index in [9.17, 15) is 9.59 Å². The molecule has 1 saturated heterocycles. The third-order valence-corrected chi connectivity index (χ3v) is 6.26. The van der Waals surface area contributed by atoms with E-state index in [1.807, 2.05) is 57.2 Å². The van der Waals surface area contributed by atoms with Gasteiger partial charge in [0.15, 0.2) is 0 Å². The molecule has 0 bridgehead atoms. The van der Waals surface area contributed by atoms with Gasteiger partial charge in [-0.05, 0) is 69.4 Å². The molecule has 0 unspecified atom stereocenters. The molecule has 4 rings (SSSR count). The van der Waals surface area contributed by atoms with E-state index in [0.717, 1.165) is 35.8 Å². The fourth-order valence-corrected chi connectivity index (χ4v) is 4.29. The normalized spacial score (nSPS) is 17.8. The summed E-state index contributed by atoms with van der Waals surface area (Å²) in [5, 5.41) is 3.26. The molecule has 0 aromatic heterocycles. The second-order valence-electron chi connectivity index (χ2n) is 9.03. The first-order valence-electron chi connectivity index (χ1n) is 11.2. The fraction of sp³-hybridized carbons (Fsp3) is 0.385. The summed E-state index contributed by atoms with van der Waals surface area (Å²) in [5.41, 5.74) is 4.66. The first kappa shape index (κ1) is 21.2. The van der Waals surface area contributed by atoms with E-state index >= 15 is 0 Å². The van der Waals surface area contributed by atoms with E-state index in [2.05, 4.69) is 29.3 Å². The largest absolute Gasteiger partial charge is 0.372 e. The number of carbonyl (C=O) groups is 2. The molecule has 2 heterocycles. The molecule has 5 heteroatoms. The number of aryl methyl sites for hydroxylation is 1. The summed E-state index contributed by atoms with van der Waals surface area (Å²) in [6, 6.07) is 15.7. The van der Waals surface area contributed by atoms with Crippen molar-refractivity contribution in [2.45, 2.75) is 46.6 Å². The number of nitrogens with zero attached hydrogens (tertiary/aromatic N) is 2. The van der Waals surface area contributed by atoms with E-state index < -0.39 is 0 Å². The van der Waals surface area contributed by atoms with Crippen molar-refractivity contribution in [1.82, 2.24) is 4.90 Å². The van der Waals surface area contributed by atoms with Crippen LogP contribution in [0.4, 0.5) is 11.4 Å². The lowest BCUT2D eigenvalue weighted by Gasteiger charge is -2.32. The molecule has 2 amide bonds. The van der Waals surface area contributed by atoms with Crippen LogP contribution in [0.1, 0.15) is 44.7 Å². The quantitative estimate of drug-likeness (QED) is 0.708. The molecule has 2 aromatic carbocycles. The van der Waals surface area contributed by atoms with Crippen molar-refractivity contribution in [3.8, 4) is 0 Å². The van der Waals surface area contributed by atoms with E-state index in [1.54, 1.807) is 0 Å². The minimum Gasteiger partial charge on any atom is -0.372 e. The number of imide groups is 1. The molecule has 0 spiro atoms. The molecule has 162 valence electrons. The Balaban J connectivity index is 1.62. The maximum atomic E-state index is 13.1. The van der Waals surface area contributed by atoms with Crippen molar-refractivity contribution >= 4 is 28.8 Å². The Hall–Kier alpha value is -3.08. The smallest absolute Gasteiger partial charge is 0.278 e. The second-order valence-corrected chi connectivity index (χ2v) is 9.03. The molecule has 1 fully saturated rings. The summed E-state index contributed by atoms with van der Waals surface area (Å²) < 4.78 is 0. The Kier molecular flexibility index (Phi) is 5.86. The van der Waals surface area contributed by atoms with E-state index in [0.29, 0.717) is 11.3 Å². The lowest BCUT2D eigenvalue weighted by atomic mass is 9.99. The predicted molar refractivity (Wildman–Crippen MR) is 126 cm³/mol. The Morgan fingerprint density at radius 1 is 0.903 bits per heavy atom. The Morgan fingerprint density at radius 2 is 1.52 bits per heavy atom. The maximum absolute atomic E-state index is 13.1. The molecule has 0 saturated carbocycles. The molecule has 0 radical (unpaired) electrons. The SMILES string of the molecule is Cc1ccc(C2=C(Nc3ccc(N4CCC(C)CC4)cc3)C(=O)N(C(C)C)C2=O)cc1. The van der Waals surface area contributed by atoms with E-state index in [-0.39, 0.29) is 17.9 Å². The van der Waals surface area contributed by atoms with Crippen LogP contribution in [0.2, 0.25) is 0 Å². The number of carbonyl (C=O) groups excluding carboxylic acids is 2. The van der Waals surface area contributed by atoms with Crippen LogP contribution in [-0.4, -0.2) is 35.8 Å². The highest BCUT2D eigenvalue weighted by Gasteiger charge is 2.40. The average molecular weight is 418 g/mol. The van der Waals surface area contributed by atoms with Crippen LogP contribution in [0, 0.1) is 12.8 Å². The molecule has 2 aliphatic heterocycles. The third-order valence-electron chi connectivity index (χ3n) is 6.26. The maximum Gasteiger partial charge on any atom is 0.278 e. The molecule has 2 aliphatic rings. The zero-order chi connectivity index (χ0) is 22.1. The summed E-state index contributed by atoms with van der Waals surface area (Å²) in [4.78, 5) is 30.0. The summed E-state index contributed by atoms with van der Waals surface area (Å²) in [5.74, 6) is 0.272. The van der Waals surface area contributed by atoms with Crippen molar-refractivity contribution in [3.05, 3.63) is 65.4 Å². The molecule has 2 aromatic rings. The number of hydrogen-bond donors (Lipinski definition) is 1. The van der Waals surface area contributed by atoms with Gasteiger partial charge in [-0.3, -0.25) is 14.5 Å². The second kappa shape index (κ2) is 8.58. The van der Waals surface area contributed by atoms with Gasteiger partial charge >= 0.3 is 0 Å². The van der Waals surface area contributed by atoms with Crippen molar-refractivity contribution < 1.29 is 9.59 Å². The van der Waals surface area contributed by atoms with Gasteiger partial charge in [-0.15, -0.1) is 0 Å². The van der Waals surface area contributed by atoms with Gasteiger partial charge in [-0.2, -0.15) is 0 Å². The van der Waals surface area contributed by atoms with Crippen molar-refractivity contribution in [2.24, 2.45) is 5.92 Å². The van der Waals surface area contributed by atoms with Crippen molar-refractivity contribution in [3.63, 3.8) is 0 Å². The zero-order valence-electron chi connectivity index (χ0n) is 18.8.